The van der Waals surface area contributed by atoms with E-state index in [2.05, 4.69) is 26.2 Å². The second kappa shape index (κ2) is 9.71. The summed E-state index contributed by atoms with van der Waals surface area (Å²) in [6, 6.07) is 5.94. The van der Waals surface area contributed by atoms with Gasteiger partial charge in [0.25, 0.3) is 0 Å². The number of carbonyl (C=O) groups excluding carboxylic acids is 1. The molecule has 0 bridgehead atoms. The van der Waals surface area contributed by atoms with Gasteiger partial charge in [-0.05, 0) is 61.6 Å². The van der Waals surface area contributed by atoms with E-state index in [4.69, 9.17) is 21.1 Å². The van der Waals surface area contributed by atoms with Crippen molar-refractivity contribution in [1.82, 2.24) is 9.88 Å². The number of amides is 1. The molecular formula is C27H34ClFN4O3. The molecule has 0 unspecified atom stereocenters. The Balaban J connectivity index is 1.13. The van der Waals surface area contributed by atoms with Crippen LogP contribution in [0.15, 0.2) is 24.4 Å². The lowest BCUT2D eigenvalue weighted by Crippen LogP contribution is -2.59. The second-order valence-electron chi connectivity index (χ2n) is 11.0. The maximum absolute atomic E-state index is 14.5. The summed E-state index contributed by atoms with van der Waals surface area (Å²) >= 11 is 6.67. The number of pyridine rings is 1. The Morgan fingerprint density at radius 2 is 1.92 bits per heavy atom. The molecule has 36 heavy (non-hydrogen) atoms. The zero-order chi connectivity index (χ0) is 24.9. The van der Waals surface area contributed by atoms with Crippen molar-refractivity contribution in [2.75, 3.05) is 62.8 Å². The summed E-state index contributed by atoms with van der Waals surface area (Å²) in [5, 5.41) is 5.63. The summed E-state index contributed by atoms with van der Waals surface area (Å²) in [7, 11) is 0. The molecule has 1 amide bonds. The fraction of sp³-hybridized carbons (Fsp3) is 0.630. The fourth-order valence-electron chi connectivity index (χ4n) is 6.25. The number of carbonyl (C=O) groups is 1. The van der Waals surface area contributed by atoms with Gasteiger partial charge in [-0.25, -0.2) is 9.37 Å². The summed E-state index contributed by atoms with van der Waals surface area (Å²) in [5.41, 5.74) is 0.405. The fourth-order valence-corrected chi connectivity index (χ4v) is 6.54. The van der Waals surface area contributed by atoms with Gasteiger partial charge in [-0.15, -0.1) is 0 Å². The van der Waals surface area contributed by atoms with Crippen molar-refractivity contribution in [3.8, 4) is 0 Å². The summed E-state index contributed by atoms with van der Waals surface area (Å²) < 4.78 is 25.3. The molecular weight excluding hydrogens is 483 g/mol. The molecule has 0 radical (unpaired) electrons. The maximum Gasteiger partial charge on any atom is 0.228 e. The highest BCUT2D eigenvalue weighted by atomic mass is 35.5. The lowest BCUT2D eigenvalue weighted by molar-refractivity contribution is -0.117. The minimum absolute atomic E-state index is 0.0687. The Hall–Kier alpha value is -2.00. The molecule has 6 rings (SSSR count). The number of hydrogen-bond donors (Lipinski definition) is 1. The van der Waals surface area contributed by atoms with Crippen LogP contribution in [0.5, 0.6) is 0 Å². The molecule has 0 spiro atoms. The number of nitrogens with one attached hydrogen (secondary N) is 1. The molecule has 1 saturated carbocycles. The third-order valence-corrected chi connectivity index (χ3v) is 9.07. The molecule has 1 aromatic heterocycles. The van der Waals surface area contributed by atoms with E-state index >= 15 is 0 Å². The van der Waals surface area contributed by atoms with Crippen LogP contribution < -0.4 is 10.2 Å². The minimum atomic E-state index is -0.961. The molecule has 1 aromatic carbocycles. The van der Waals surface area contributed by atoms with Crippen LogP contribution in [0.4, 0.5) is 15.9 Å². The van der Waals surface area contributed by atoms with Crippen molar-refractivity contribution in [1.29, 1.82) is 0 Å². The molecule has 7 nitrogen and oxygen atoms in total. The van der Waals surface area contributed by atoms with Crippen molar-refractivity contribution >= 4 is 39.8 Å². The smallest absolute Gasteiger partial charge is 0.228 e. The zero-order valence-electron chi connectivity index (χ0n) is 20.7. The van der Waals surface area contributed by atoms with Crippen LogP contribution in [-0.4, -0.2) is 80.1 Å². The molecule has 3 saturated heterocycles. The number of alkyl halides is 1. The molecule has 1 aliphatic carbocycles. The predicted molar refractivity (Wildman–Crippen MR) is 138 cm³/mol. The van der Waals surface area contributed by atoms with Crippen molar-refractivity contribution in [2.24, 2.45) is 17.8 Å². The van der Waals surface area contributed by atoms with Gasteiger partial charge >= 0.3 is 0 Å². The topological polar surface area (TPSA) is 66.9 Å². The average molecular weight is 517 g/mol. The Kier molecular flexibility index (Phi) is 6.56. The first kappa shape index (κ1) is 24.3. The average Bonchev–Trinajstić information content (AvgIpc) is 3.63. The quantitative estimate of drug-likeness (QED) is 0.644. The van der Waals surface area contributed by atoms with Gasteiger partial charge in [-0.3, -0.25) is 9.69 Å². The predicted octanol–water partition coefficient (Wildman–Crippen LogP) is 4.14. The number of ether oxygens (including phenoxy) is 2. The van der Waals surface area contributed by atoms with Gasteiger partial charge in [0.2, 0.25) is 5.91 Å². The lowest BCUT2D eigenvalue weighted by Gasteiger charge is -2.44. The van der Waals surface area contributed by atoms with Crippen LogP contribution in [-0.2, 0) is 14.3 Å². The van der Waals surface area contributed by atoms with Crippen molar-refractivity contribution < 1.29 is 18.7 Å². The zero-order valence-corrected chi connectivity index (χ0v) is 21.5. The molecule has 2 aromatic rings. The molecule has 4 fully saturated rings. The van der Waals surface area contributed by atoms with Crippen LogP contribution in [0.3, 0.4) is 0 Å². The van der Waals surface area contributed by atoms with E-state index in [0.717, 1.165) is 75.1 Å². The highest BCUT2D eigenvalue weighted by molar-refractivity contribution is 6.34. The third-order valence-electron chi connectivity index (χ3n) is 8.76. The van der Waals surface area contributed by atoms with Crippen LogP contribution in [0.25, 0.3) is 10.8 Å². The van der Waals surface area contributed by atoms with E-state index in [-0.39, 0.29) is 18.4 Å². The van der Waals surface area contributed by atoms with Gasteiger partial charge in [0.15, 0.2) is 0 Å². The summed E-state index contributed by atoms with van der Waals surface area (Å²) in [6.07, 6.45) is 3.88. The van der Waals surface area contributed by atoms with Gasteiger partial charge in [0, 0.05) is 56.9 Å². The first-order valence-electron chi connectivity index (χ1n) is 13.1. The third kappa shape index (κ3) is 4.57. The highest BCUT2D eigenvalue weighted by Gasteiger charge is 2.48. The number of fused-ring (bicyclic) bond motifs is 1. The number of hydrogen-bond acceptors (Lipinski definition) is 6. The number of nitrogens with zero attached hydrogens (tertiary/aromatic N) is 3. The normalized spacial score (nSPS) is 31.6. The lowest BCUT2D eigenvalue weighted by atomic mass is 9.93. The molecule has 4 heterocycles. The summed E-state index contributed by atoms with van der Waals surface area (Å²) in [4.78, 5) is 21.8. The number of anilines is 2. The molecule has 194 valence electrons. The van der Waals surface area contributed by atoms with Gasteiger partial charge in [-0.1, -0.05) is 11.6 Å². The van der Waals surface area contributed by atoms with Gasteiger partial charge in [0.05, 0.1) is 29.5 Å². The Morgan fingerprint density at radius 1 is 1.14 bits per heavy atom. The van der Waals surface area contributed by atoms with Crippen molar-refractivity contribution in [3.05, 3.63) is 29.4 Å². The standard InChI is InChI=1S/C27H34ClFN4O3/c1-27(16-36-15-24(27)29)33-6-4-32(5-7-33)23-11-18-12-25(30-14-19(18)10-22(23)28)31-26(34)21-13-20(21)17-2-8-35-9-3-17/h10-12,14,17,20-21,24H,2-9,13,15-16H2,1H3,(H,30,31,34)/t20-,21-,24+,27-/m0/s1. The minimum Gasteiger partial charge on any atom is -0.381 e. The molecule has 4 atom stereocenters. The summed E-state index contributed by atoms with van der Waals surface area (Å²) in [6.45, 7) is 7.22. The second-order valence-corrected chi connectivity index (χ2v) is 11.4. The van der Waals surface area contributed by atoms with Crippen LogP contribution in [0, 0.1) is 17.8 Å². The van der Waals surface area contributed by atoms with Crippen molar-refractivity contribution in [2.45, 2.75) is 37.9 Å². The van der Waals surface area contributed by atoms with Gasteiger partial charge < -0.3 is 19.7 Å². The first-order chi connectivity index (χ1) is 17.4. The Morgan fingerprint density at radius 3 is 2.64 bits per heavy atom. The first-order valence-corrected chi connectivity index (χ1v) is 13.5. The number of halogens is 2. The molecule has 1 N–H and O–H groups in total. The summed E-state index contributed by atoms with van der Waals surface area (Å²) in [5.74, 6) is 1.80. The van der Waals surface area contributed by atoms with E-state index in [1.54, 1.807) is 6.20 Å². The van der Waals surface area contributed by atoms with Gasteiger partial charge in [-0.2, -0.15) is 0 Å². The van der Waals surface area contributed by atoms with Crippen molar-refractivity contribution in [3.63, 3.8) is 0 Å². The Labute approximate surface area is 216 Å². The monoisotopic (exact) mass is 516 g/mol. The van der Waals surface area contributed by atoms with E-state index in [1.165, 1.54) is 0 Å². The van der Waals surface area contributed by atoms with Crippen LogP contribution in [0.1, 0.15) is 26.2 Å². The van der Waals surface area contributed by atoms with E-state index in [1.807, 2.05) is 19.1 Å². The number of benzene rings is 1. The van der Waals surface area contributed by atoms with Gasteiger partial charge in [0.1, 0.15) is 12.0 Å². The number of rotatable bonds is 5. The molecule has 4 aliphatic rings. The van der Waals surface area contributed by atoms with E-state index in [9.17, 15) is 9.18 Å². The molecule has 9 heteroatoms. The van der Waals surface area contributed by atoms with E-state index in [0.29, 0.717) is 29.3 Å². The SMILES string of the molecule is C[C@]1(N2CCN(c3cc4cc(NC(=O)[C@H]5C[C@H]5C5CCOCC5)ncc4cc3Cl)CC2)COC[C@H]1F. The van der Waals surface area contributed by atoms with Crippen LogP contribution in [0.2, 0.25) is 5.02 Å². The maximum atomic E-state index is 14.5. The largest absolute Gasteiger partial charge is 0.381 e. The van der Waals surface area contributed by atoms with E-state index < -0.39 is 11.7 Å². The Bertz CT molecular complexity index is 1140. The number of piperazine rings is 1. The van der Waals surface area contributed by atoms with Crippen LogP contribution >= 0.6 is 11.6 Å². The number of aromatic nitrogens is 1. The highest BCUT2D eigenvalue weighted by Crippen LogP contribution is 2.48. The molecule has 3 aliphatic heterocycles.